The molecule has 4 nitrogen and oxygen atoms in total. The molecule has 0 heterocycles. The first-order chi connectivity index (χ1) is 11.9. The van der Waals surface area contributed by atoms with Crippen LogP contribution >= 0.6 is 23.2 Å². The molecule has 2 amide bonds. The lowest BCUT2D eigenvalue weighted by Gasteiger charge is -2.16. The Morgan fingerprint density at radius 2 is 1.84 bits per heavy atom. The van der Waals surface area contributed by atoms with Gasteiger partial charge in [0, 0.05) is 28.6 Å². The van der Waals surface area contributed by atoms with E-state index >= 15 is 0 Å². The van der Waals surface area contributed by atoms with Crippen molar-refractivity contribution >= 4 is 35.0 Å². The van der Waals surface area contributed by atoms with E-state index in [2.05, 4.69) is 10.6 Å². The molecule has 132 valence electrons. The standard InChI is InChI=1S/C19H20Cl2N2O2/c1-12-5-3-4-6-15(12)19(25)22-10-9-18(24)23-13(2)16-8-7-14(20)11-17(16)21/h3-8,11,13H,9-10H2,1-2H3,(H,22,25)(H,23,24). The molecule has 6 heteroatoms. The van der Waals surface area contributed by atoms with Gasteiger partial charge >= 0.3 is 0 Å². The molecule has 0 radical (unpaired) electrons. The first-order valence-corrected chi connectivity index (χ1v) is 8.72. The summed E-state index contributed by atoms with van der Waals surface area (Å²) in [6.07, 6.45) is 0.188. The lowest BCUT2D eigenvalue weighted by Crippen LogP contribution is -2.32. The lowest BCUT2D eigenvalue weighted by molar-refractivity contribution is -0.121. The molecule has 25 heavy (non-hydrogen) atoms. The molecule has 0 saturated heterocycles. The molecule has 0 aliphatic heterocycles. The minimum atomic E-state index is -0.246. The van der Waals surface area contributed by atoms with Crippen molar-refractivity contribution < 1.29 is 9.59 Å². The maximum atomic E-state index is 12.1. The largest absolute Gasteiger partial charge is 0.352 e. The van der Waals surface area contributed by atoms with Gasteiger partial charge in [0.1, 0.15) is 0 Å². The molecule has 0 bridgehead atoms. The number of carbonyl (C=O) groups excluding carboxylic acids is 2. The Hall–Kier alpha value is -2.04. The molecule has 0 spiro atoms. The van der Waals surface area contributed by atoms with E-state index in [1.54, 1.807) is 24.3 Å². The second-order valence-electron chi connectivity index (χ2n) is 5.78. The highest BCUT2D eigenvalue weighted by molar-refractivity contribution is 6.35. The van der Waals surface area contributed by atoms with Crippen LogP contribution in [-0.2, 0) is 4.79 Å². The molecule has 1 unspecified atom stereocenters. The third-order valence-electron chi connectivity index (χ3n) is 3.83. The monoisotopic (exact) mass is 378 g/mol. The van der Waals surface area contributed by atoms with Crippen LogP contribution in [0.25, 0.3) is 0 Å². The van der Waals surface area contributed by atoms with Gasteiger partial charge in [-0.2, -0.15) is 0 Å². The highest BCUT2D eigenvalue weighted by Crippen LogP contribution is 2.26. The summed E-state index contributed by atoms with van der Waals surface area (Å²) in [5, 5.41) is 6.68. The van der Waals surface area contributed by atoms with Gasteiger partial charge in [0.25, 0.3) is 5.91 Å². The highest BCUT2D eigenvalue weighted by atomic mass is 35.5. The summed E-state index contributed by atoms with van der Waals surface area (Å²) in [6.45, 7) is 3.98. The van der Waals surface area contributed by atoms with Crippen molar-refractivity contribution in [3.05, 3.63) is 69.2 Å². The smallest absolute Gasteiger partial charge is 0.251 e. The highest BCUT2D eigenvalue weighted by Gasteiger charge is 2.14. The number of rotatable bonds is 6. The third kappa shape index (κ3) is 5.48. The van der Waals surface area contributed by atoms with E-state index in [1.807, 2.05) is 32.0 Å². The Labute approximate surface area is 157 Å². The number of amides is 2. The quantitative estimate of drug-likeness (QED) is 0.786. The zero-order valence-corrected chi connectivity index (χ0v) is 15.6. The Balaban J connectivity index is 1.82. The Morgan fingerprint density at radius 1 is 1.12 bits per heavy atom. The van der Waals surface area contributed by atoms with Gasteiger partial charge in [0.2, 0.25) is 5.91 Å². The number of halogens is 2. The van der Waals surface area contributed by atoms with E-state index in [9.17, 15) is 9.59 Å². The molecular formula is C19H20Cl2N2O2. The second kappa shape index (κ2) is 8.88. The van der Waals surface area contributed by atoms with Gasteiger partial charge in [-0.25, -0.2) is 0 Å². The molecule has 2 aromatic carbocycles. The Bertz CT molecular complexity index is 778. The summed E-state index contributed by atoms with van der Waals surface area (Å²) in [4.78, 5) is 24.2. The summed E-state index contributed by atoms with van der Waals surface area (Å²) in [5.41, 5.74) is 2.31. The normalized spacial score (nSPS) is 11.7. The Morgan fingerprint density at radius 3 is 2.52 bits per heavy atom. The molecule has 0 aliphatic rings. The van der Waals surface area contributed by atoms with E-state index in [0.717, 1.165) is 11.1 Å². The number of benzene rings is 2. The maximum Gasteiger partial charge on any atom is 0.251 e. The van der Waals surface area contributed by atoms with Crippen LogP contribution in [0.4, 0.5) is 0 Å². The zero-order valence-electron chi connectivity index (χ0n) is 14.1. The SMILES string of the molecule is Cc1ccccc1C(=O)NCCC(=O)NC(C)c1ccc(Cl)cc1Cl. The first kappa shape index (κ1) is 19.3. The van der Waals surface area contributed by atoms with Gasteiger partial charge in [-0.05, 0) is 43.2 Å². The molecule has 2 aromatic rings. The summed E-state index contributed by atoms with van der Waals surface area (Å²) in [7, 11) is 0. The number of aryl methyl sites for hydroxylation is 1. The van der Waals surface area contributed by atoms with E-state index in [0.29, 0.717) is 15.6 Å². The number of nitrogens with one attached hydrogen (secondary N) is 2. The zero-order chi connectivity index (χ0) is 18.4. The number of hydrogen-bond donors (Lipinski definition) is 2. The molecule has 0 saturated carbocycles. The number of carbonyl (C=O) groups is 2. The summed E-state index contributed by atoms with van der Waals surface area (Å²) in [5.74, 6) is -0.344. The van der Waals surface area contributed by atoms with Crippen LogP contribution in [0.1, 0.15) is 40.9 Å². The fourth-order valence-electron chi connectivity index (χ4n) is 2.46. The van der Waals surface area contributed by atoms with Gasteiger partial charge < -0.3 is 10.6 Å². The predicted octanol–water partition coefficient (Wildman–Crippen LogP) is 4.30. The molecule has 0 fully saturated rings. The maximum absolute atomic E-state index is 12.1. The van der Waals surface area contributed by atoms with Gasteiger partial charge in [-0.3, -0.25) is 9.59 Å². The van der Waals surface area contributed by atoms with Gasteiger partial charge in [0.15, 0.2) is 0 Å². The van der Waals surface area contributed by atoms with E-state index in [-0.39, 0.29) is 30.8 Å². The topological polar surface area (TPSA) is 58.2 Å². The van der Waals surface area contributed by atoms with Crippen molar-refractivity contribution in [3.8, 4) is 0 Å². The van der Waals surface area contributed by atoms with Crippen LogP contribution < -0.4 is 10.6 Å². The van der Waals surface area contributed by atoms with E-state index in [4.69, 9.17) is 23.2 Å². The minimum absolute atomic E-state index is 0.163. The van der Waals surface area contributed by atoms with Crippen molar-refractivity contribution in [2.75, 3.05) is 6.54 Å². The number of hydrogen-bond acceptors (Lipinski definition) is 2. The van der Waals surface area contributed by atoms with E-state index < -0.39 is 0 Å². The predicted molar refractivity (Wildman–Crippen MR) is 101 cm³/mol. The van der Waals surface area contributed by atoms with Crippen LogP contribution in [0.2, 0.25) is 10.0 Å². The fourth-order valence-corrected chi connectivity index (χ4v) is 3.03. The fraction of sp³-hybridized carbons (Fsp3) is 0.263. The third-order valence-corrected chi connectivity index (χ3v) is 4.40. The molecular weight excluding hydrogens is 359 g/mol. The van der Waals surface area contributed by atoms with Crippen molar-refractivity contribution in [1.82, 2.24) is 10.6 Å². The van der Waals surface area contributed by atoms with Crippen LogP contribution in [0.15, 0.2) is 42.5 Å². The lowest BCUT2D eigenvalue weighted by atomic mass is 10.1. The average molecular weight is 379 g/mol. The van der Waals surface area contributed by atoms with Crippen molar-refractivity contribution in [2.45, 2.75) is 26.3 Å². The van der Waals surface area contributed by atoms with Crippen LogP contribution in [0.3, 0.4) is 0 Å². The van der Waals surface area contributed by atoms with Crippen molar-refractivity contribution in [2.24, 2.45) is 0 Å². The minimum Gasteiger partial charge on any atom is -0.352 e. The van der Waals surface area contributed by atoms with Crippen LogP contribution in [0.5, 0.6) is 0 Å². The van der Waals surface area contributed by atoms with Crippen LogP contribution in [-0.4, -0.2) is 18.4 Å². The molecule has 0 aliphatic carbocycles. The summed E-state index contributed by atoms with van der Waals surface area (Å²) in [6, 6.07) is 12.2. The van der Waals surface area contributed by atoms with Crippen molar-refractivity contribution in [3.63, 3.8) is 0 Å². The second-order valence-corrected chi connectivity index (χ2v) is 6.62. The Kier molecular flexibility index (Phi) is 6.85. The van der Waals surface area contributed by atoms with Crippen molar-refractivity contribution in [1.29, 1.82) is 0 Å². The first-order valence-electron chi connectivity index (χ1n) is 7.96. The van der Waals surface area contributed by atoms with Gasteiger partial charge in [0.05, 0.1) is 6.04 Å². The molecule has 1 atom stereocenters. The summed E-state index contributed by atoms with van der Waals surface area (Å²) < 4.78 is 0. The molecule has 2 rings (SSSR count). The van der Waals surface area contributed by atoms with Gasteiger partial charge in [-0.1, -0.05) is 47.5 Å². The molecule has 0 aromatic heterocycles. The summed E-state index contributed by atoms with van der Waals surface area (Å²) >= 11 is 12.0. The van der Waals surface area contributed by atoms with Crippen LogP contribution in [0, 0.1) is 6.92 Å². The van der Waals surface area contributed by atoms with Gasteiger partial charge in [-0.15, -0.1) is 0 Å². The molecule has 2 N–H and O–H groups in total. The average Bonchev–Trinajstić information content (AvgIpc) is 2.54. The van der Waals surface area contributed by atoms with E-state index in [1.165, 1.54) is 0 Å².